The molecule has 2 aromatic carbocycles. The van der Waals surface area contributed by atoms with E-state index in [1.54, 1.807) is 12.1 Å². The molecule has 3 aromatic rings. The maximum absolute atomic E-state index is 9.81. The van der Waals surface area contributed by atoms with Crippen LogP contribution in [-0.2, 0) is 0 Å². The summed E-state index contributed by atoms with van der Waals surface area (Å²) in [5, 5.41) is 11.0. The summed E-state index contributed by atoms with van der Waals surface area (Å²) in [7, 11) is 0. The van der Waals surface area contributed by atoms with Crippen LogP contribution in [0.25, 0.3) is 22.2 Å². The summed E-state index contributed by atoms with van der Waals surface area (Å²) in [5.74, 6) is 0.200. The van der Waals surface area contributed by atoms with Crippen molar-refractivity contribution in [2.45, 2.75) is 0 Å². The van der Waals surface area contributed by atoms with Crippen molar-refractivity contribution in [3.05, 3.63) is 53.6 Å². The molecule has 0 aliphatic rings. The summed E-state index contributed by atoms with van der Waals surface area (Å²) in [6.45, 7) is 0. The zero-order chi connectivity index (χ0) is 11.8. The van der Waals surface area contributed by atoms with Gasteiger partial charge in [-0.3, -0.25) is 0 Å². The van der Waals surface area contributed by atoms with Gasteiger partial charge in [0.15, 0.2) is 0 Å². The fraction of sp³-hybridized carbons (Fsp3) is 0. The normalized spacial score (nSPS) is 10.9. The lowest BCUT2D eigenvalue weighted by Crippen LogP contribution is -1.76. The third-order valence-corrected chi connectivity index (χ3v) is 3.18. The first-order valence-electron chi connectivity index (χ1n) is 5.32. The zero-order valence-corrected chi connectivity index (χ0v) is 9.70. The Morgan fingerprint density at radius 2 is 1.71 bits per heavy atom. The molecule has 1 aromatic heterocycles. The summed E-state index contributed by atoms with van der Waals surface area (Å²) >= 11 is 6.31. The SMILES string of the molecule is Oc1cccc2[nH]c(-c3ccccc3)c(Cl)c12. The molecule has 3 heteroatoms. The van der Waals surface area contributed by atoms with Crippen LogP contribution >= 0.6 is 11.6 Å². The summed E-state index contributed by atoms with van der Waals surface area (Å²) < 4.78 is 0. The maximum Gasteiger partial charge on any atom is 0.126 e. The molecule has 17 heavy (non-hydrogen) atoms. The summed E-state index contributed by atoms with van der Waals surface area (Å²) in [4.78, 5) is 3.23. The molecule has 0 aliphatic carbocycles. The first kappa shape index (κ1) is 10.2. The van der Waals surface area contributed by atoms with Crippen molar-refractivity contribution in [3.8, 4) is 17.0 Å². The van der Waals surface area contributed by atoms with Crippen molar-refractivity contribution >= 4 is 22.5 Å². The number of halogens is 1. The molecule has 3 rings (SSSR count). The Morgan fingerprint density at radius 3 is 2.41 bits per heavy atom. The fourth-order valence-electron chi connectivity index (χ4n) is 1.99. The van der Waals surface area contributed by atoms with E-state index >= 15 is 0 Å². The standard InChI is InChI=1S/C14H10ClNO/c15-13-12-10(7-4-8-11(12)17)16-14(13)9-5-2-1-3-6-9/h1-8,16-17H. The van der Waals surface area contributed by atoms with Crippen molar-refractivity contribution in [1.29, 1.82) is 0 Å². The highest BCUT2D eigenvalue weighted by molar-refractivity contribution is 6.39. The van der Waals surface area contributed by atoms with Crippen molar-refractivity contribution in [3.63, 3.8) is 0 Å². The van der Waals surface area contributed by atoms with E-state index in [9.17, 15) is 5.11 Å². The number of rotatable bonds is 1. The highest BCUT2D eigenvalue weighted by Gasteiger charge is 2.13. The topological polar surface area (TPSA) is 36.0 Å². The van der Waals surface area contributed by atoms with E-state index < -0.39 is 0 Å². The fourth-order valence-corrected chi connectivity index (χ4v) is 2.35. The second kappa shape index (κ2) is 3.82. The van der Waals surface area contributed by atoms with Gasteiger partial charge in [0.25, 0.3) is 0 Å². The molecule has 0 atom stereocenters. The molecule has 0 saturated heterocycles. The molecule has 2 nitrogen and oxygen atoms in total. The molecular formula is C14H10ClNO. The van der Waals surface area contributed by atoms with E-state index in [2.05, 4.69) is 4.98 Å². The number of nitrogens with one attached hydrogen (secondary N) is 1. The van der Waals surface area contributed by atoms with Crippen LogP contribution in [0.2, 0.25) is 5.02 Å². The lowest BCUT2D eigenvalue weighted by molar-refractivity contribution is 0.482. The van der Waals surface area contributed by atoms with Gasteiger partial charge < -0.3 is 10.1 Å². The maximum atomic E-state index is 9.81. The van der Waals surface area contributed by atoms with Crippen LogP contribution in [0.4, 0.5) is 0 Å². The van der Waals surface area contributed by atoms with E-state index in [1.807, 2.05) is 36.4 Å². The largest absolute Gasteiger partial charge is 0.507 e. The number of aromatic hydroxyl groups is 1. The molecule has 1 heterocycles. The highest BCUT2D eigenvalue weighted by Crippen LogP contribution is 2.38. The van der Waals surface area contributed by atoms with Crippen LogP contribution in [-0.4, -0.2) is 10.1 Å². The molecule has 0 aliphatic heterocycles. The van der Waals surface area contributed by atoms with Gasteiger partial charge in [0.1, 0.15) is 5.75 Å². The van der Waals surface area contributed by atoms with Crippen LogP contribution in [0, 0.1) is 0 Å². The molecule has 2 N–H and O–H groups in total. The number of phenolic OH excluding ortho intramolecular Hbond substituents is 1. The van der Waals surface area contributed by atoms with Crippen LogP contribution in [0.3, 0.4) is 0 Å². The lowest BCUT2D eigenvalue weighted by atomic mass is 10.1. The van der Waals surface area contributed by atoms with E-state index in [-0.39, 0.29) is 5.75 Å². The molecule has 84 valence electrons. The molecule has 0 radical (unpaired) electrons. The number of fused-ring (bicyclic) bond motifs is 1. The van der Waals surface area contributed by atoms with E-state index in [0.717, 1.165) is 16.8 Å². The Kier molecular flexibility index (Phi) is 2.30. The Hall–Kier alpha value is -1.93. The molecule has 0 amide bonds. The van der Waals surface area contributed by atoms with Crippen LogP contribution < -0.4 is 0 Å². The quantitative estimate of drug-likeness (QED) is 0.660. The molecule has 0 unspecified atom stereocenters. The van der Waals surface area contributed by atoms with Crippen LogP contribution in [0.1, 0.15) is 0 Å². The van der Waals surface area contributed by atoms with Gasteiger partial charge in [-0.25, -0.2) is 0 Å². The van der Waals surface area contributed by atoms with Gasteiger partial charge in [-0.2, -0.15) is 0 Å². The lowest BCUT2D eigenvalue weighted by Gasteiger charge is -1.98. The van der Waals surface area contributed by atoms with Gasteiger partial charge in [-0.15, -0.1) is 0 Å². The summed E-state index contributed by atoms with van der Waals surface area (Å²) in [6.07, 6.45) is 0. The van der Waals surface area contributed by atoms with Crippen molar-refractivity contribution < 1.29 is 5.11 Å². The number of aromatic nitrogens is 1. The molecule has 0 fully saturated rings. The summed E-state index contributed by atoms with van der Waals surface area (Å²) in [6, 6.07) is 15.1. The average Bonchev–Trinajstić information content (AvgIpc) is 2.69. The van der Waals surface area contributed by atoms with Gasteiger partial charge in [-0.05, 0) is 17.7 Å². The van der Waals surface area contributed by atoms with Crippen LogP contribution in [0.5, 0.6) is 5.75 Å². The average molecular weight is 244 g/mol. The van der Waals surface area contributed by atoms with E-state index in [0.29, 0.717) is 10.4 Å². The van der Waals surface area contributed by atoms with Gasteiger partial charge in [0.05, 0.1) is 21.6 Å². The third kappa shape index (κ3) is 1.58. The Labute approximate surface area is 103 Å². The number of aromatic amines is 1. The van der Waals surface area contributed by atoms with Crippen molar-refractivity contribution in [2.75, 3.05) is 0 Å². The minimum Gasteiger partial charge on any atom is -0.507 e. The molecular weight excluding hydrogens is 234 g/mol. The highest BCUT2D eigenvalue weighted by atomic mass is 35.5. The minimum absolute atomic E-state index is 0.200. The second-order valence-corrected chi connectivity index (χ2v) is 4.26. The molecule has 0 saturated carbocycles. The predicted octanol–water partition coefficient (Wildman–Crippen LogP) is 4.19. The number of phenols is 1. The van der Waals surface area contributed by atoms with Crippen molar-refractivity contribution in [1.82, 2.24) is 4.98 Å². The first-order chi connectivity index (χ1) is 8.27. The third-order valence-electron chi connectivity index (χ3n) is 2.80. The Balaban J connectivity index is 2.33. The van der Waals surface area contributed by atoms with Crippen molar-refractivity contribution in [2.24, 2.45) is 0 Å². The van der Waals surface area contributed by atoms with E-state index in [1.165, 1.54) is 0 Å². The Morgan fingerprint density at radius 1 is 0.941 bits per heavy atom. The molecule has 0 spiro atoms. The smallest absolute Gasteiger partial charge is 0.126 e. The summed E-state index contributed by atoms with van der Waals surface area (Å²) in [5.41, 5.74) is 2.69. The van der Waals surface area contributed by atoms with Crippen LogP contribution in [0.15, 0.2) is 48.5 Å². The van der Waals surface area contributed by atoms with Gasteiger partial charge in [0.2, 0.25) is 0 Å². The predicted molar refractivity (Wildman–Crippen MR) is 70.4 cm³/mol. The number of hydrogen-bond acceptors (Lipinski definition) is 1. The monoisotopic (exact) mass is 243 g/mol. The van der Waals surface area contributed by atoms with Gasteiger partial charge in [-0.1, -0.05) is 48.0 Å². The number of benzene rings is 2. The number of H-pyrrole nitrogens is 1. The first-order valence-corrected chi connectivity index (χ1v) is 5.70. The second-order valence-electron chi connectivity index (χ2n) is 3.88. The Bertz CT molecular complexity index is 673. The minimum atomic E-state index is 0.200. The van der Waals surface area contributed by atoms with Gasteiger partial charge >= 0.3 is 0 Å². The van der Waals surface area contributed by atoms with Gasteiger partial charge in [0, 0.05) is 0 Å². The number of hydrogen-bond donors (Lipinski definition) is 2. The zero-order valence-electron chi connectivity index (χ0n) is 8.94. The molecule has 0 bridgehead atoms. The van der Waals surface area contributed by atoms with E-state index in [4.69, 9.17) is 11.6 Å².